The van der Waals surface area contributed by atoms with Crippen LogP contribution in [0.15, 0.2) is 24.3 Å². The number of aryl methyl sites for hydroxylation is 1. The summed E-state index contributed by atoms with van der Waals surface area (Å²) in [7, 11) is 0. The summed E-state index contributed by atoms with van der Waals surface area (Å²) in [4.78, 5) is 0. The van der Waals surface area contributed by atoms with E-state index in [-0.39, 0.29) is 0 Å². The fourth-order valence-electron chi connectivity index (χ4n) is 3.06. The van der Waals surface area contributed by atoms with Crippen LogP contribution in [-0.2, 0) is 6.42 Å². The van der Waals surface area contributed by atoms with E-state index in [1.807, 2.05) is 0 Å². The SMILES string of the molecule is c1ccc2c(c1)CCCCC2NCC1CSCCS1. The topological polar surface area (TPSA) is 12.0 Å². The first kappa shape index (κ1) is 13.8. The number of thioether (sulfide) groups is 2. The Kier molecular flexibility index (Phi) is 5.14. The zero-order valence-electron chi connectivity index (χ0n) is 11.4. The van der Waals surface area contributed by atoms with Crippen molar-refractivity contribution in [1.29, 1.82) is 0 Å². The van der Waals surface area contributed by atoms with Crippen molar-refractivity contribution in [1.82, 2.24) is 5.32 Å². The maximum atomic E-state index is 3.85. The second-order valence-corrected chi connectivity index (χ2v) is 8.03. The van der Waals surface area contributed by atoms with Crippen LogP contribution in [0.2, 0.25) is 0 Å². The van der Waals surface area contributed by atoms with Gasteiger partial charge in [-0.1, -0.05) is 30.7 Å². The highest BCUT2D eigenvalue weighted by Crippen LogP contribution is 2.29. The lowest BCUT2D eigenvalue weighted by Gasteiger charge is -2.25. The third kappa shape index (κ3) is 3.71. The highest BCUT2D eigenvalue weighted by atomic mass is 32.2. The smallest absolute Gasteiger partial charge is 0.0323 e. The molecule has 2 unspecified atom stereocenters. The summed E-state index contributed by atoms with van der Waals surface area (Å²) in [6.45, 7) is 1.18. The fourth-order valence-corrected chi connectivity index (χ4v) is 5.69. The summed E-state index contributed by atoms with van der Waals surface area (Å²) < 4.78 is 0. The van der Waals surface area contributed by atoms with Gasteiger partial charge in [-0.3, -0.25) is 0 Å². The van der Waals surface area contributed by atoms with E-state index in [1.54, 1.807) is 11.1 Å². The van der Waals surface area contributed by atoms with Gasteiger partial charge in [0.1, 0.15) is 0 Å². The molecule has 1 nitrogen and oxygen atoms in total. The zero-order chi connectivity index (χ0) is 12.9. The van der Waals surface area contributed by atoms with Gasteiger partial charge in [0.2, 0.25) is 0 Å². The van der Waals surface area contributed by atoms with Crippen LogP contribution in [0.25, 0.3) is 0 Å². The molecule has 1 fully saturated rings. The number of nitrogens with one attached hydrogen (secondary N) is 1. The molecule has 1 aliphatic heterocycles. The van der Waals surface area contributed by atoms with E-state index in [1.165, 1.54) is 49.5 Å². The van der Waals surface area contributed by atoms with Gasteiger partial charge in [-0.25, -0.2) is 0 Å². The molecule has 3 rings (SSSR count). The monoisotopic (exact) mass is 293 g/mol. The zero-order valence-corrected chi connectivity index (χ0v) is 13.1. The van der Waals surface area contributed by atoms with Crippen LogP contribution in [0.3, 0.4) is 0 Å². The minimum Gasteiger partial charge on any atom is -0.309 e. The van der Waals surface area contributed by atoms with Gasteiger partial charge in [0.15, 0.2) is 0 Å². The summed E-state index contributed by atoms with van der Waals surface area (Å²) in [5, 5.41) is 4.67. The fraction of sp³-hybridized carbons (Fsp3) is 0.625. The van der Waals surface area contributed by atoms with Gasteiger partial charge in [0.05, 0.1) is 0 Å². The summed E-state index contributed by atoms with van der Waals surface area (Å²) in [5.41, 5.74) is 3.14. The summed E-state index contributed by atoms with van der Waals surface area (Å²) in [5.74, 6) is 4.00. The molecular formula is C16H23NS2. The van der Waals surface area contributed by atoms with E-state index in [2.05, 4.69) is 53.1 Å². The van der Waals surface area contributed by atoms with Crippen molar-refractivity contribution in [3.63, 3.8) is 0 Å². The molecule has 104 valence electrons. The molecule has 2 atom stereocenters. The van der Waals surface area contributed by atoms with Crippen molar-refractivity contribution in [3.05, 3.63) is 35.4 Å². The molecule has 19 heavy (non-hydrogen) atoms. The molecule has 1 saturated heterocycles. The van der Waals surface area contributed by atoms with Crippen LogP contribution in [-0.4, -0.2) is 29.1 Å². The summed E-state index contributed by atoms with van der Waals surface area (Å²) >= 11 is 4.27. The molecule has 0 saturated carbocycles. The van der Waals surface area contributed by atoms with Crippen molar-refractivity contribution < 1.29 is 0 Å². The third-order valence-corrected chi connectivity index (χ3v) is 6.94. The lowest BCUT2D eigenvalue weighted by molar-refractivity contribution is 0.493. The van der Waals surface area contributed by atoms with Crippen LogP contribution in [0, 0.1) is 0 Å². The van der Waals surface area contributed by atoms with Crippen molar-refractivity contribution in [2.75, 3.05) is 23.8 Å². The molecule has 3 heteroatoms. The Morgan fingerprint density at radius 1 is 1.16 bits per heavy atom. The van der Waals surface area contributed by atoms with Crippen LogP contribution in [0.1, 0.15) is 36.4 Å². The minimum absolute atomic E-state index is 0.589. The predicted octanol–water partition coefficient (Wildman–Crippen LogP) is 3.89. The molecule has 0 bridgehead atoms. The Hall–Kier alpha value is -0.120. The Bertz CT molecular complexity index is 401. The molecule has 2 aliphatic rings. The van der Waals surface area contributed by atoms with Gasteiger partial charge in [0.25, 0.3) is 0 Å². The van der Waals surface area contributed by atoms with Crippen LogP contribution >= 0.6 is 23.5 Å². The lowest BCUT2D eigenvalue weighted by Crippen LogP contribution is -2.32. The van der Waals surface area contributed by atoms with Gasteiger partial charge < -0.3 is 5.32 Å². The van der Waals surface area contributed by atoms with E-state index in [0.717, 1.165) is 5.25 Å². The number of hydrogen-bond acceptors (Lipinski definition) is 3. The van der Waals surface area contributed by atoms with E-state index < -0.39 is 0 Å². The quantitative estimate of drug-likeness (QED) is 0.849. The normalized spacial score (nSPS) is 27.6. The lowest BCUT2D eigenvalue weighted by atomic mass is 9.99. The molecular weight excluding hydrogens is 270 g/mol. The van der Waals surface area contributed by atoms with E-state index in [9.17, 15) is 0 Å². The molecule has 1 aromatic rings. The maximum Gasteiger partial charge on any atom is 0.0323 e. The standard InChI is InChI=1S/C16H23NS2/c1-3-7-15-13(5-1)6-2-4-8-16(15)17-11-14-12-18-9-10-19-14/h1,3,5,7,14,16-17H,2,4,6,8-12H2. The van der Waals surface area contributed by atoms with E-state index in [4.69, 9.17) is 0 Å². The molecule has 1 aliphatic carbocycles. The van der Waals surface area contributed by atoms with Gasteiger partial charge in [0, 0.05) is 35.1 Å². The van der Waals surface area contributed by atoms with E-state index >= 15 is 0 Å². The van der Waals surface area contributed by atoms with E-state index in [0.29, 0.717) is 6.04 Å². The number of rotatable bonds is 3. The minimum atomic E-state index is 0.589. The van der Waals surface area contributed by atoms with Crippen LogP contribution in [0.4, 0.5) is 0 Å². The van der Waals surface area contributed by atoms with Crippen molar-refractivity contribution in [3.8, 4) is 0 Å². The molecule has 0 radical (unpaired) electrons. The first-order valence-corrected chi connectivity index (χ1v) is 9.64. The average Bonchev–Trinajstić information content (AvgIpc) is 2.68. The third-order valence-electron chi connectivity index (χ3n) is 4.10. The molecule has 0 amide bonds. The Labute approximate surface area is 125 Å². The molecule has 1 aromatic carbocycles. The van der Waals surface area contributed by atoms with Crippen molar-refractivity contribution in [2.45, 2.75) is 37.0 Å². The number of benzene rings is 1. The Morgan fingerprint density at radius 3 is 3.00 bits per heavy atom. The Balaban J connectivity index is 1.63. The molecule has 0 spiro atoms. The molecule has 1 heterocycles. The average molecular weight is 294 g/mol. The largest absolute Gasteiger partial charge is 0.309 e. The number of fused-ring (bicyclic) bond motifs is 1. The van der Waals surface area contributed by atoms with Crippen molar-refractivity contribution in [2.24, 2.45) is 0 Å². The van der Waals surface area contributed by atoms with Gasteiger partial charge >= 0.3 is 0 Å². The van der Waals surface area contributed by atoms with Crippen LogP contribution in [0.5, 0.6) is 0 Å². The molecule has 0 aromatic heterocycles. The highest BCUT2D eigenvalue weighted by molar-refractivity contribution is 8.06. The molecule has 1 N–H and O–H groups in total. The van der Waals surface area contributed by atoms with Gasteiger partial charge in [-0.2, -0.15) is 23.5 Å². The first-order valence-electron chi connectivity index (χ1n) is 7.44. The second-order valence-electron chi connectivity index (χ2n) is 5.47. The summed E-state index contributed by atoms with van der Waals surface area (Å²) in [6.07, 6.45) is 5.28. The van der Waals surface area contributed by atoms with Crippen LogP contribution < -0.4 is 5.32 Å². The summed E-state index contributed by atoms with van der Waals surface area (Å²) in [6, 6.07) is 9.63. The van der Waals surface area contributed by atoms with Gasteiger partial charge in [-0.15, -0.1) is 0 Å². The predicted molar refractivity (Wildman–Crippen MR) is 88.3 cm³/mol. The number of hydrogen-bond donors (Lipinski definition) is 1. The second kappa shape index (κ2) is 7.05. The maximum absolute atomic E-state index is 3.85. The highest BCUT2D eigenvalue weighted by Gasteiger charge is 2.20. The van der Waals surface area contributed by atoms with Gasteiger partial charge in [-0.05, 0) is 30.4 Å². The van der Waals surface area contributed by atoms with Crippen molar-refractivity contribution >= 4 is 23.5 Å². The first-order chi connectivity index (χ1) is 9.43. The Morgan fingerprint density at radius 2 is 2.11 bits per heavy atom.